The van der Waals surface area contributed by atoms with E-state index < -0.39 is 0 Å². The Kier molecular flexibility index (Phi) is 34.6. The first-order valence-corrected chi connectivity index (χ1v) is 30.0. The number of carbonyl (C=O) groups excluding carboxylic acids is 11. The Bertz CT molecular complexity index is 3000. The van der Waals surface area contributed by atoms with E-state index in [0.717, 1.165) is 57.2 Å². The van der Waals surface area contributed by atoms with E-state index in [1.807, 2.05) is 133 Å². The van der Waals surface area contributed by atoms with Crippen LogP contribution >= 0.6 is 0 Å². The lowest BCUT2D eigenvalue weighted by Crippen LogP contribution is -2.27. The number of hydrogen-bond acceptors (Lipinski definition) is 18. The number of aromatic nitrogens is 10. The van der Waals surface area contributed by atoms with Crippen molar-refractivity contribution < 1.29 is 62.2 Å². The lowest BCUT2D eigenvalue weighted by atomic mass is 10.3. The Morgan fingerprint density at radius 2 is 0.729 bits per heavy atom. The highest BCUT2D eigenvalue weighted by molar-refractivity contribution is 6.04. The van der Waals surface area contributed by atoms with Crippen LogP contribution in [0.2, 0.25) is 0 Å². The van der Waals surface area contributed by atoms with Gasteiger partial charge in [0.15, 0.2) is 0 Å². The number of imide groups is 4. The number of cyclic esters (lactones) is 2. The molecule has 5 aromatic rings. The molecule has 7 fully saturated rings. The molecule has 0 bridgehead atoms. The van der Waals surface area contributed by atoms with Gasteiger partial charge in [-0.1, -0.05) is 0 Å². The van der Waals surface area contributed by atoms with Gasteiger partial charge >= 0.3 is 48.0 Å². The van der Waals surface area contributed by atoms with Crippen molar-refractivity contribution >= 4 is 66.0 Å². The van der Waals surface area contributed by atoms with Crippen LogP contribution in [0.25, 0.3) is 0 Å². The van der Waals surface area contributed by atoms with Crippen LogP contribution in [0.1, 0.15) is 50.2 Å². The lowest BCUT2D eigenvalue weighted by molar-refractivity contribution is -0.126. The Balaban J connectivity index is 0.000000524. The van der Waals surface area contributed by atoms with Crippen molar-refractivity contribution in [3.05, 3.63) is 94.7 Å². The number of rotatable bonds is 0. The monoisotopic (exact) mass is 1350 g/mol. The molecule has 16 amide bonds. The summed E-state index contributed by atoms with van der Waals surface area (Å²) in [7, 11) is 27.2. The molecule has 96 heavy (non-hydrogen) atoms. The van der Waals surface area contributed by atoms with E-state index in [1.165, 1.54) is 58.3 Å². The molecule has 0 saturated carbocycles. The Morgan fingerprint density at radius 3 is 0.802 bits per heavy atom. The molecule has 36 heteroatoms. The van der Waals surface area contributed by atoms with Gasteiger partial charge < -0.3 is 58.6 Å². The fourth-order valence-electron chi connectivity index (χ4n) is 7.97. The number of ether oxygens (including phenoxy) is 2. The molecule has 0 aliphatic carbocycles. The molecular formula is C60H100N22O14. The summed E-state index contributed by atoms with van der Waals surface area (Å²) >= 11 is 0. The van der Waals surface area contributed by atoms with E-state index in [4.69, 9.17) is 9.47 Å². The molecule has 0 spiro atoms. The molecular weight excluding hydrogens is 1250 g/mol. The maximum absolute atomic E-state index is 10.8. The number of carbonyl (C=O) groups is 11. The van der Waals surface area contributed by atoms with Crippen molar-refractivity contribution in [3.8, 4) is 0 Å². The van der Waals surface area contributed by atoms with Gasteiger partial charge in [0.05, 0.1) is 36.9 Å². The SMILES string of the molecule is CC1CN(C)C(=O)O1.CC1CN(C)C(=O)O1.CC1NC(=O)N(C)C1=O.CC1NC(=O)N(C)C1=O.CN1CC(=O)N(C)C1=O.CN1CC(=O)N(C)C1=O.CN1CCN(C)C1=O.Cc1ccn(C)n1.Cc1ccn(C)n1.Cc1cnn(C)c1.Cc1cnn(C)c1.Cn1ccn(C)c1=O. The maximum atomic E-state index is 10.8. The molecule has 36 nitrogen and oxygen atoms in total. The second kappa shape index (κ2) is 39.8. The number of hydrogen-bond donors (Lipinski definition) is 2. The Morgan fingerprint density at radius 1 is 0.406 bits per heavy atom. The third-order valence-corrected chi connectivity index (χ3v) is 13.6. The van der Waals surface area contributed by atoms with Crippen LogP contribution in [0.3, 0.4) is 0 Å². The zero-order valence-corrected chi connectivity index (χ0v) is 60.0. The zero-order chi connectivity index (χ0) is 73.8. The topological polar surface area (TPSA) is 361 Å². The summed E-state index contributed by atoms with van der Waals surface area (Å²) < 4.78 is 19.7. The largest absolute Gasteiger partial charge is 0.445 e. The average molecular weight is 1350 g/mol. The third kappa shape index (κ3) is 29.2. The van der Waals surface area contributed by atoms with Crippen LogP contribution in [0.15, 0.2) is 66.5 Å². The quantitative estimate of drug-likeness (QED) is 0.208. The normalized spacial score (nSPS) is 18.8. The van der Waals surface area contributed by atoms with Gasteiger partial charge in [-0.25, -0.2) is 38.4 Å². The van der Waals surface area contributed by atoms with Crippen LogP contribution in [0.5, 0.6) is 0 Å². The highest BCUT2D eigenvalue weighted by Gasteiger charge is 2.33. The maximum Gasteiger partial charge on any atom is 0.409 e. The van der Waals surface area contributed by atoms with Crippen molar-refractivity contribution in [2.45, 2.75) is 79.7 Å². The first-order valence-electron chi connectivity index (χ1n) is 30.0. The molecule has 4 unspecified atom stereocenters. The van der Waals surface area contributed by atoms with Gasteiger partial charge in [0, 0.05) is 163 Å². The van der Waals surface area contributed by atoms with Crippen LogP contribution in [-0.4, -0.2) is 297 Å². The predicted molar refractivity (Wildman–Crippen MR) is 353 cm³/mol. The summed E-state index contributed by atoms with van der Waals surface area (Å²) in [5.74, 6) is -0.606. The molecule has 2 N–H and O–H groups in total. The van der Waals surface area contributed by atoms with Crippen LogP contribution < -0.4 is 16.3 Å². The Hall–Kier alpha value is -10.6. The van der Waals surface area contributed by atoms with Gasteiger partial charge in [-0.05, 0) is 78.6 Å². The van der Waals surface area contributed by atoms with Crippen molar-refractivity contribution in [2.24, 2.45) is 42.3 Å². The number of nitrogens with one attached hydrogen (secondary N) is 2. The smallest absolute Gasteiger partial charge is 0.409 e. The second-order valence-electron chi connectivity index (χ2n) is 23.0. The number of imidazole rings is 1. The molecule has 534 valence electrons. The summed E-state index contributed by atoms with van der Waals surface area (Å²) in [6.07, 6.45) is 14.6. The zero-order valence-electron chi connectivity index (χ0n) is 60.0. The van der Waals surface area contributed by atoms with Crippen molar-refractivity contribution in [1.82, 2.24) is 108 Å². The molecule has 5 aromatic heterocycles. The second-order valence-corrected chi connectivity index (χ2v) is 23.0. The van der Waals surface area contributed by atoms with Gasteiger partial charge in [0.25, 0.3) is 11.8 Å². The predicted octanol–water partition coefficient (Wildman–Crippen LogP) is 1.67. The minimum Gasteiger partial charge on any atom is -0.445 e. The fourth-order valence-corrected chi connectivity index (χ4v) is 7.97. The molecule has 12 heterocycles. The third-order valence-electron chi connectivity index (χ3n) is 13.6. The summed E-state index contributed by atoms with van der Waals surface area (Å²) in [6, 6.07) is 2.31. The molecule has 4 atom stereocenters. The average Bonchev–Trinajstić information content (AvgIpc) is 1.81. The fraction of sp³-hybridized carbons (Fsp3) is 0.567. The van der Waals surface area contributed by atoms with E-state index >= 15 is 0 Å². The summed E-state index contributed by atoms with van der Waals surface area (Å²) in [4.78, 5) is 142. The highest BCUT2D eigenvalue weighted by atomic mass is 16.6. The van der Waals surface area contributed by atoms with Gasteiger partial charge in [-0.3, -0.25) is 57.5 Å². The minimum absolute atomic E-state index is 0.0185. The van der Waals surface area contributed by atoms with E-state index in [0.29, 0.717) is 0 Å². The minimum atomic E-state index is -0.345. The standard InChI is InChI=1S/4C5H8N2O2.C5H10N2O.C5H8N2O.4C5H8N2.2C5H9NO2/c2*1-6-3-4(8)7(2)5(6)9;2*1-3-4(8)7(2)5(9)6-3;2*1-6-3-4-7(2)5(6)8;2*1-5-3-6-7(2)4-5;2*1-5-3-4-7(2)6-5;2*1-4-3-6(2)5(7)8-4/h2*3H2,1-2H3;2*3H,1-2H3,(H,6,9);3-4H2,1-2H3;3-4H,1-2H3;4*3-4H,1-2H3;2*4H,3H2,1-2H3. The molecule has 12 rings (SSSR count). The molecule has 7 aliphatic rings. The van der Waals surface area contributed by atoms with Gasteiger partial charge in [0.2, 0.25) is 11.8 Å². The lowest BCUT2D eigenvalue weighted by Gasteiger charge is -2.07. The number of urea groups is 5. The van der Waals surface area contributed by atoms with Crippen LogP contribution in [0.4, 0.5) is 33.6 Å². The first kappa shape index (κ1) is 83.4. The van der Waals surface area contributed by atoms with Gasteiger partial charge in [0.1, 0.15) is 37.4 Å². The highest BCUT2D eigenvalue weighted by Crippen LogP contribution is 2.09. The molecule has 0 aromatic carbocycles. The number of aryl methyl sites for hydroxylation is 10. The van der Waals surface area contributed by atoms with E-state index in [1.54, 1.807) is 107 Å². The first-order chi connectivity index (χ1) is 44.5. The molecule has 7 aliphatic heterocycles. The Labute approximate surface area is 560 Å². The van der Waals surface area contributed by atoms with Crippen molar-refractivity contribution in [2.75, 3.05) is 110 Å². The van der Waals surface area contributed by atoms with Crippen molar-refractivity contribution in [1.29, 1.82) is 0 Å². The number of likely N-dealkylation sites (N-methyl/N-ethyl adjacent to an activating group) is 10. The molecule has 0 radical (unpaired) electrons. The summed E-state index contributed by atoms with van der Waals surface area (Å²) in [5, 5.41) is 20.8. The van der Waals surface area contributed by atoms with Crippen LogP contribution in [0, 0.1) is 27.7 Å². The summed E-state index contributed by atoms with van der Waals surface area (Å²) in [5.41, 5.74) is 4.58. The summed E-state index contributed by atoms with van der Waals surface area (Å²) in [6.45, 7) is 18.7. The van der Waals surface area contributed by atoms with E-state index in [9.17, 15) is 57.5 Å². The van der Waals surface area contributed by atoms with E-state index in [2.05, 4.69) is 31.0 Å². The number of nitrogens with zero attached hydrogens (tertiary/aromatic N) is 20. The van der Waals surface area contributed by atoms with Gasteiger partial charge in [-0.2, -0.15) is 20.4 Å². The number of amides is 16. The van der Waals surface area contributed by atoms with Crippen LogP contribution in [-0.2, 0) is 70.9 Å². The molecule has 7 saturated heterocycles. The van der Waals surface area contributed by atoms with Crippen molar-refractivity contribution in [3.63, 3.8) is 0 Å². The van der Waals surface area contributed by atoms with Gasteiger partial charge in [-0.15, -0.1) is 0 Å². The van der Waals surface area contributed by atoms with E-state index in [-0.39, 0.29) is 109 Å².